The van der Waals surface area contributed by atoms with Crippen molar-refractivity contribution in [2.24, 2.45) is 5.73 Å². The largest absolute Gasteiger partial charge is 0.394 e. The number of aliphatic hydroxyl groups excluding tert-OH is 3. The summed E-state index contributed by atoms with van der Waals surface area (Å²) in [4.78, 5) is 0. The van der Waals surface area contributed by atoms with E-state index < -0.39 is 25.4 Å². The van der Waals surface area contributed by atoms with Crippen LogP contribution in [0, 0.1) is 46.9 Å². The summed E-state index contributed by atoms with van der Waals surface area (Å²) in [7, 11) is 0. The summed E-state index contributed by atoms with van der Waals surface area (Å²) in [5, 5.41) is 25.0. The summed E-state index contributed by atoms with van der Waals surface area (Å²) in [6.45, 7) is -1.21. The fourth-order valence-corrected chi connectivity index (χ4v) is 0.150. The second-order valence-corrected chi connectivity index (χ2v) is 1.84. The topological polar surface area (TPSA) is 86.7 Å². The van der Waals surface area contributed by atoms with Crippen molar-refractivity contribution in [1.29, 1.82) is 0 Å². The van der Waals surface area contributed by atoms with Gasteiger partial charge in [0.1, 0.15) is 0 Å². The van der Waals surface area contributed by atoms with Crippen molar-refractivity contribution < 1.29 is 62.2 Å². The first kappa shape index (κ1) is 13.0. The van der Waals surface area contributed by atoms with Gasteiger partial charge in [0, 0.05) is 46.9 Å². The molecule has 0 atom stereocenters. The van der Waals surface area contributed by atoms with Crippen LogP contribution in [0.15, 0.2) is 0 Å². The number of nitrogens with two attached hydrogens (primary N) is 1. The minimum absolute atomic E-state index is 0. The molecule has 5 heteroatoms. The molecule has 0 aromatic heterocycles. The van der Waals surface area contributed by atoms with Crippen LogP contribution in [0.4, 0.5) is 0 Å². The molecule has 0 unspecified atom stereocenters. The Labute approximate surface area is 92.3 Å². The van der Waals surface area contributed by atoms with Crippen molar-refractivity contribution in [3.05, 3.63) is 0 Å². The zero-order valence-electron chi connectivity index (χ0n) is 4.81. The first-order chi connectivity index (χ1) is 3.68. The van der Waals surface area contributed by atoms with Crippen molar-refractivity contribution in [3.8, 4) is 0 Å². The Kier molecular flexibility index (Phi) is 8.79. The van der Waals surface area contributed by atoms with Crippen molar-refractivity contribution >= 4 is 0 Å². The zero-order chi connectivity index (χ0) is 6.62. The van der Waals surface area contributed by atoms with Crippen molar-refractivity contribution in [2.45, 2.75) is 5.54 Å². The van der Waals surface area contributed by atoms with Gasteiger partial charge in [-0.1, -0.05) is 0 Å². The summed E-state index contributed by atoms with van der Waals surface area (Å²) < 4.78 is 0. The SMILES string of the molecule is NC(CO)(CO)CO.[Yb]. The van der Waals surface area contributed by atoms with Crippen LogP contribution in [0.3, 0.4) is 0 Å². The predicted molar refractivity (Wildman–Crippen MR) is 28.2 cm³/mol. The maximum atomic E-state index is 8.34. The zero-order valence-corrected chi connectivity index (χ0v) is 6.52. The van der Waals surface area contributed by atoms with Crippen LogP contribution < -0.4 is 5.73 Å². The average molecular weight is 294 g/mol. The third kappa shape index (κ3) is 4.72. The van der Waals surface area contributed by atoms with Gasteiger partial charge >= 0.3 is 0 Å². The van der Waals surface area contributed by atoms with E-state index in [0.29, 0.717) is 0 Å². The molecule has 0 bridgehead atoms. The quantitative estimate of drug-likeness (QED) is 0.470. The minimum atomic E-state index is -1.21. The molecular weight excluding hydrogens is 283 g/mol. The molecule has 9 heavy (non-hydrogen) atoms. The molecule has 4 nitrogen and oxygen atoms in total. The normalized spacial score (nSPS) is 10.7. The molecule has 0 fully saturated rings. The molecule has 0 amide bonds. The molecule has 0 radical (unpaired) electrons. The Bertz CT molecular complexity index is 58.6. The van der Waals surface area contributed by atoms with Gasteiger partial charge in [-0.25, -0.2) is 0 Å². The van der Waals surface area contributed by atoms with Crippen molar-refractivity contribution in [2.75, 3.05) is 19.8 Å². The summed E-state index contributed by atoms with van der Waals surface area (Å²) in [6.07, 6.45) is 0. The molecule has 0 saturated carbocycles. The predicted octanol–water partition coefficient (Wildman–Crippen LogP) is -2.34. The van der Waals surface area contributed by atoms with Crippen molar-refractivity contribution in [1.82, 2.24) is 0 Å². The van der Waals surface area contributed by atoms with E-state index in [1.54, 1.807) is 0 Å². The van der Waals surface area contributed by atoms with Crippen LogP contribution >= 0.6 is 0 Å². The van der Waals surface area contributed by atoms with Crippen LogP contribution in [0.2, 0.25) is 0 Å². The number of rotatable bonds is 3. The first-order valence-electron chi connectivity index (χ1n) is 2.30. The number of hydrogen-bond acceptors (Lipinski definition) is 4. The Hall–Kier alpha value is 1.36. The molecule has 0 saturated heterocycles. The van der Waals surface area contributed by atoms with E-state index in [2.05, 4.69) is 0 Å². The van der Waals surface area contributed by atoms with E-state index in [-0.39, 0.29) is 46.9 Å². The monoisotopic (exact) mass is 295 g/mol. The number of aliphatic hydroxyl groups is 3. The van der Waals surface area contributed by atoms with Gasteiger partial charge in [0.15, 0.2) is 0 Å². The van der Waals surface area contributed by atoms with Crippen molar-refractivity contribution in [3.63, 3.8) is 0 Å². The summed E-state index contributed by atoms with van der Waals surface area (Å²) >= 11 is 0. The van der Waals surface area contributed by atoms with E-state index in [1.165, 1.54) is 0 Å². The fraction of sp³-hybridized carbons (Fsp3) is 1.00. The average Bonchev–Trinajstić information content (AvgIpc) is 1.87. The maximum Gasteiger partial charge on any atom is 0.0856 e. The molecule has 0 aliphatic carbocycles. The second kappa shape index (κ2) is 6.09. The fourth-order valence-electron chi connectivity index (χ4n) is 0.150. The van der Waals surface area contributed by atoms with Crippen LogP contribution in [0.25, 0.3) is 0 Å². The molecule has 0 aliphatic heterocycles. The van der Waals surface area contributed by atoms with Gasteiger partial charge in [-0.2, -0.15) is 0 Å². The van der Waals surface area contributed by atoms with E-state index >= 15 is 0 Å². The molecular formula is C4H11NO3Yb. The third-order valence-corrected chi connectivity index (χ3v) is 0.945. The summed E-state index contributed by atoms with van der Waals surface area (Å²) in [6, 6.07) is 0. The van der Waals surface area contributed by atoms with Crippen LogP contribution in [-0.4, -0.2) is 40.7 Å². The number of hydrogen-bond donors (Lipinski definition) is 4. The molecule has 5 N–H and O–H groups in total. The smallest absolute Gasteiger partial charge is 0.0856 e. The Morgan fingerprint density at radius 1 is 1.00 bits per heavy atom. The van der Waals surface area contributed by atoms with Crippen LogP contribution in [0.5, 0.6) is 0 Å². The molecule has 0 spiro atoms. The standard InChI is InChI=1S/C4H11NO3.Yb/c5-4(1-6,2-7)3-8;/h6-8H,1-3,5H2;. The van der Waals surface area contributed by atoms with Crippen LogP contribution in [-0.2, 0) is 0 Å². The Balaban J connectivity index is 0. The molecule has 0 rings (SSSR count). The molecule has 0 aliphatic rings. The first-order valence-corrected chi connectivity index (χ1v) is 2.30. The van der Waals surface area contributed by atoms with Gasteiger partial charge in [0.05, 0.1) is 25.4 Å². The van der Waals surface area contributed by atoms with Gasteiger partial charge in [0.25, 0.3) is 0 Å². The molecule has 0 aromatic carbocycles. The van der Waals surface area contributed by atoms with Gasteiger partial charge in [-0.05, 0) is 0 Å². The van der Waals surface area contributed by atoms with E-state index in [4.69, 9.17) is 21.1 Å². The minimum Gasteiger partial charge on any atom is -0.394 e. The summed E-state index contributed by atoms with van der Waals surface area (Å²) in [5.41, 5.74) is 3.94. The second-order valence-electron chi connectivity index (χ2n) is 1.84. The molecule has 0 aromatic rings. The summed E-state index contributed by atoms with van der Waals surface area (Å²) in [5.74, 6) is 0. The molecule has 0 heterocycles. The van der Waals surface area contributed by atoms with Gasteiger partial charge in [-0.3, -0.25) is 0 Å². The molecule has 64 valence electrons. The maximum absolute atomic E-state index is 8.34. The van der Waals surface area contributed by atoms with E-state index in [9.17, 15) is 0 Å². The van der Waals surface area contributed by atoms with E-state index in [0.717, 1.165) is 0 Å². The van der Waals surface area contributed by atoms with Gasteiger partial charge < -0.3 is 21.1 Å². The van der Waals surface area contributed by atoms with Gasteiger partial charge in [0.2, 0.25) is 0 Å². The Morgan fingerprint density at radius 2 is 1.22 bits per heavy atom. The third-order valence-electron chi connectivity index (χ3n) is 0.945. The van der Waals surface area contributed by atoms with E-state index in [1.807, 2.05) is 0 Å². The van der Waals surface area contributed by atoms with Crippen LogP contribution in [0.1, 0.15) is 0 Å². The Morgan fingerprint density at radius 3 is 1.22 bits per heavy atom. The van der Waals surface area contributed by atoms with Gasteiger partial charge in [-0.15, -0.1) is 0 Å².